The monoisotopic (exact) mass is 472 g/mol. The molecule has 1 rings (SSSR count). The Bertz CT molecular complexity index is 800. The van der Waals surface area contributed by atoms with E-state index in [1.807, 2.05) is 19.9 Å². The zero-order valence-corrected chi connectivity index (χ0v) is 19.7. The van der Waals surface area contributed by atoms with Gasteiger partial charge in [0.1, 0.15) is 25.0 Å². The molecule has 0 radical (unpaired) electrons. The van der Waals surface area contributed by atoms with Gasteiger partial charge in [0.25, 0.3) is 0 Å². The van der Waals surface area contributed by atoms with Gasteiger partial charge in [0, 0.05) is 0 Å². The van der Waals surface area contributed by atoms with Crippen LogP contribution in [0.15, 0.2) is 30.3 Å². The van der Waals surface area contributed by atoms with Gasteiger partial charge >= 0.3 is 19.7 Å². The van der Waals surface area contributed by atoms with Crippen LogP contribution < -0.4 is 10.6 Å². The molecule has 32 heavy (non-hydrogen) atoms. The third kappa shape index (κ3) is 11.3. The molecule has 0 bridgehead atoms. The summed E-state index contributed by atoms with van der Waals surface area (Å²) in [5, 5.41) is 13.8. The van der Waals surface area contributed by atoms with Crippen molar-refractivity contribution in [1.29, 1.82) is 0 Å². The quantitative estimate of drug-likeness (QED) is 0.320. The lowest BCUT2D eigenvalue weighted by Crippen LogP contribution is -2.47. The molecule has 4 N–H and O–H groups in total. The number of carboxylic acid groups (broad SMARTS) is 1. The molecule has 11 heteroatoms. The Morgan fingerprint density at radius 2 is 1.62 bits per heavy atom. The summed E-state index contributed by atoms with van der Waals surface area (Å²) in [7, 11) is -4.42. The highest BCUT2D eigenvalue weighted by Crippen LogP contribution is 2.43. The third-order valence-electron chi connectivity index (χ3n) is 4.23. The molecule has 180 valence electrons. The van der Waals surface area contributed by atoms with E-state index in [0.717, 1.165) is 5.56 Å². The number of alkyl carbamates (subject to hydrolysis) is 1. The molecule has 0 saturated heterocycles. The molecular weight excluding hydrogens is 439 g/mol. The lowest BCUT2D eigenvalue weighted by atomic mass is 10.0. The van der Waals surface area contributed by atoms with Crippen LogP contribution in [0.3, 0.4) is 0 Å². The van der Waals surface area contributed by atoms with Crippen LogP contribution in [-0.2, 0) is 30.0 Å². The van der Waals surface area contributed by atoms with Gasteiger partial charge in [-0.2, -0.15) is 0 Å². The zero-order valence-electron chi connectivity index (χ0n) is 18.8. The number of carboxylic acids is 1. The van der Waals surface area contributed by atoms with Gasteiger partial charge in [0.2, 0.25) is 5.91 Å². The van der Waals surface area contributed by atoms with Crippen molar-refractivity contribution in [3.8, 4) is 0 Å². The van der Waals surface area contributed by atoms with E-state index in [2.05, 4.69) is 10.6 Å². The van der Waals surface area contributed by atoms with Crippen molar-refractivity contribution in [3.05, 3.63) is 35.9 Å². The summed E-state index contributed by atoms with van der Waals surface area (Å²) < 4.78 is 22.6. The van der Waals surface area contributed by atoms with Crippen molar-refractivity contribution >= 4 is 25.6 Å². The van der Waals surface area contributed by atoms with Gasteiger partial charge in [0.05, 0.1) is 0 Å². The lowest BCUT2D eigenvalue weighted by molar-refractivity contribution is -0.143. The number of benzene rings is 1. The lowest BCUT2D eigenvalue weighted by Gasteiger charge is -2.24. The first-order chi connectivity index (χ1) is 14.9. The number of carbonyl (C=O) groups is 3. The average molecular weight is 472 g/mol. The first-order valence-electron chi connectivity index (χ1n) is 10.4. The molecule has 1 aromatic rings. The molecule has 1 aromatic carbocycles. The fourth-order valence-corrected chi connectivity index (χ4v) is 3.74. The summed E-state index contributed by atoms with van der Waals surface area (Å²) in [6, 6.07) is 7.74. The summed E-state index contributed by atoms with van der Waals surface area (Å²) in [4.78, 5) is 46.0. The normalized spacial score (nSPS) is 15.0. The summed E-state index contributed by atoms with van der Waals surface area (Å²) in [6.45, 7) is 7.18. The second kappa shape index (κ2) is 13.2. The van der Waals surface area contributed by atoms with E-state index in [4.69, 9.17) is 9.26 Å². The number of hydrogen-bond acceptors (Lipinski definition) is 6. The fourth-order valence-electron chi connectivity index (χ4n) is 2.76. The second-order valence-corrected chi connectivity index (χ2v) is 10.1. The van der Waals surface area contributed by atoms with Crippen molar-refractivity contribution in [2.24, 2.45) is 11.8 Å². The smallest absolute Gasteiger partial charge is 0.408 e. The molecule has 0 aliphatic rings. The van der Waals surface area contributed by atoms with Crippen molar-refractivity contribution in [3.63, 3.8) is 0 Å². The molecule has 3 atom stereocenters. The molecule has 10 nitrogen and oxygen atoms in total. The van der Waals surface area contributed by atoms with Crippen molar-refractivity contribution in [1.82, 2.24) is 10.6 Å². The highest BCUT2D eigenvalue weighted by molar-refractivity contribution is 7.52. The Kier molecular flexibility index (Phi) is 11.4. The molecule has 0 aliphatic heterocycles. The minimum Gasteiger partial charge on any atom is -0.480 e. The van der Waals surface area contributed by atoms with Gasteiger partial charge < -0.3 is 25.4 Å². The third-order valence-corrected chi connectivity index (χ3v) is 5.37. The molecule has 0 heterocycles. The SMILES string of the molecule is CC(C)CC(NC(=O)C(CC(C)C)OP(=O)(O)CNC(=O)OCc1ccccc1)C(=O)O. The van der Waals surface area contributed by atoms with Gasteiger partial charge in [-0.1, -0.05) is 58.0 Å². The van der Waals surface area contributed by atoms with Crippen LogP contribution in [0.25, 0.3) is 0 Å². The van der Waals surface area contributed by atoms with Gasteiger partial charge in [-0.05, 0) is 30.2 Å². The van der Waals surface area contributed by atoms with Crippen LogP contribution in [0.4, 0.5) is 4.79 Å². The zero-order chi connectivity index (χ0) is 24.3. The fraction of sp³-hybridized carbons (Fsp3) is 0.571. The van der Waals surface area contributed by atoms with E-state index in [0.29, 0.717) is 0 Å². The van der Waals surface area contributed by atoms with Gasteiger partial charge in [0.15, 0.2) is 0 Å². The summed E-state index contributed by atoms with van der Waals surface area (Å²) >= 11 is 0. The second-order valence-electron chi connectivity index (χ2n) is 8.29. The van der Waals surface area contributed by atoms with E-state index in [9.17, 15) is 28.9 Å². The largest absolute Gasteiger partial charge is 0.480 e. The van der Waals surface area contributed by atoms with Crippen LogP contribution >= 0.6 is 7.60 Å². The van der Waals surface area contributed by atoms with Crippen LogP contribution in [0.5, 0.6) is 0 Å². The van der Waals surface area contributed by atoms with Crippen LogP contribution in [0, 0.1) is 11.8 Å². The van der Waals surface area contributed by atoms with Gasteiger partial charge in [-0.3, -0.25) is 13.9 Å². The number of nitrogens with one attached hydrogen (secondary N) is 2. The highest BCUT2D eigenvalue weighted by Gasteiger charge is 2.33. The topological polar surface area (TPSA) is 151 Å². The number of rotatable bonds is 13. The van der Waals surface area contributed by atoms with E-state index >= 15 is 0 Å². The van der Waals surface area contributed by atoms with Gasteiger partial charge in [-0.25, -0.2) is 9.59 Å². The minimum absolute atomic E-state index is 0.0101. The van der Waals surface area contributed by atoms with Crippen molar-refractivity contribution < 1.29 is 38.2 Å². The first kappa shape index (κ1) is 27.6. The maximum atomic E-state index is 12.6. The molecule has 0 aliphatic carbocycles. The molecule has 3 unspecified atom stereocenters. The minimum atomic E-state index is -4.42. The Labute approximate surface area is 188 Å². The molecule has 2 amide bonds. The predicted molar refractivity (Wildman–Crippen MR) is 118 cm³/mol. The Hall–Kier alpha value is -2.42. The molecule has 0 saturated carbocycles. The van der Waals surface area contributed by atoms with E-state index in [1.165, 1.54) is 0 Å². The van der Waals surface area contributed by atoms with Crippen molar-refractivity contribution in [2.75, 3.05) is 6.29 Å². The van der Waals surface area contributed by atoms with Gasteiger partial charge in [-0.15, -0.1) is 0 Å². The highest BCUT2D eigenvalue weighted by atomic mass is 31.2. The Morgan fingerprint density at radius 1 is 1.03 bits per heavy atom. The maximum Gasteiger partial charge on any atom is 0.408 e. The maximum absolute atomic E-state index is 12.6. The van der Waals surface area contributed by atoms with Crippen LogP contribution in [0.2, 0.25) is 0 Å². The molecular formula is C21H33N2O8P. The molecule has 0 spiro atoms. The Morgan fingerprint density at radius 3 is 2.16 bits per heavy atom. The molecule has 0 aromatic heterocycles. The number of ether oxygens (including phenoxy) is 1. The Balaban J connectivity index is 2.68. The number of amides is 2. The van der Waals surface area contributed by atoms with Crippen molar-refractivity contribution in [2.45, 2.75) is 59.3 Å². The van der Waals surface area contributed by atoms with E-state index in [1.54, 1.807) is 38.1 Å². The standard InChI is InChI=1S/C21H33N2O8P/c1-14(2)10-17(20(25)26)23-19(24)18(11-15(3)4)31-32(28,29)13-22-21(27)30-12-16-8-6-5-7-9-16/h5-9,14-15,17-18H,10-13H2,1-4H3,(H,22,27)(H,23,24)(H,25,26)(H,28,29). The molecule has 0 fully saturated rings. The predicted octanol–water partition coefficient (Wildman–Crippen LogP) is 3.10. The summed E-state index contributed by atoms with van der Waals surface area (Å²) in [5.74, 6) is -2.07. The number of hydrogen-bond donors (Lipinski definition) is 4. The van der Waals surface area contributed by atoms with E-state index in [-0.39, 0.29) is 31.3 Å². The summed E-state index contributed by atoms with van der Waals surface area (Å²) in [6.07, 6.45) is -2.76. The first-order valence-corrected chi connectivity index (χ1v) is 12.1. The average Bonchev–Trinajstić information content (AvgIpc) is 2.69. The van der Waals surface area contributed by atoms with Crippen LogP contribution in [0.1, 0.15) is 46.1 Å². The van der Waals surface area contributed by atoms with Crippen LogP contribution in [-0.4, -0.2) is 46.4 Å². The number of carbonyl (C=O) groups excluding carboxylic acids is 2. The number of aliphatic carboxylic acids is 1. The van der Waals surface area contributed by atoms with E-state index < -0.39 is 44.0 Å². The summed E-state index contributed by atoms with van der Waals surface area (Å²) in [5.41, 5.74) is 0.745.